The lowest BCUT2D eigenvalue weighted by Gasteiger charge is -2.30. The molecular formula is C14H19NO2. The van der Waals surface area contributed by atoms with Crippen molar-refractivity contribution in [3.63, 3.8) is 0 Å². The topological polar surface area (TPSA) is 40.5 Å². The molecule has 0 aliphatic carbocycles. The summed E-state index contributed by atoms with van der Waals surface area (Å²) in [5.74, 6) is 0.259. The number of hydrogen-bond donors (Lipinski definition) is 1. The van der Waals surface area contributed by atoms with E-state index in [1.165, 1.54) is 0 Å². The summed E-state index contributed by atoms with van der Waals surface area (Å²) in [5, 5.41) is 10.7. The second kappa shape index (κ2) is 4.59. The number of rotatable bonds is 3. The van der Waals surface area contributed by atoms with Crippen molar-refractivity contribution in [2.75, 3.05) is 20.1 Å². The molecule has 0 saturated carbocycles. The molecule has 1 aliphatic heterocycles. The first-order valence-corrected chi connectivity index (χ1v) is 6.00. The van der Waals surface area contributed by atoms with Crippen LogP contribution in [-0.4, -0.2) is 36.4 Å². The van der Waals surface area contributed by atoms with Crippen LogP contribution in [0.2, 0.25) is 0 Å². The van der Waals surface area contributed by atoms with Gasteiger partial charge in [0, 0.05) is 18.0 Å². The predicted molar refractivity (Wildman–Crippen MR) is 67.0 cm³/mol. The minimum atomic E-state index is -0.813. The van der Waals surface area contributed by atoms with E-state index in [0.29, 0.717) is 5.56 Å². The summed E-state index contributed by atoms with van der Waals surface area (Å²) in [7, 11) is 2.07. The number of aliphatic hydroxyl groups is 1. The summed E-state index contributed by atoms with van der Waals surface area (Å²) in [5.41, 5.74) is 0.725. The van der Waals surface area contributed by atoms with E-state index in [9.17, 15) is 9.90 Å². The second-order valence-corrected chi connectivity index (χ2v) is 5.14. The first-order chi connectivity index (χ1) is 8.04. The highest BCUT2D eigenvalue weighted by atomic mass is 16.3. The van der Waals surface area contributed by atoms with Crippen molar-refractivity contribution in [2.45, 2.75) is 18.9 Å². The van der Waals surface area contributed by atoms with Crippen molar-refractivity contribution in [1.29, 1.82) is 0 Å². The first kappa shape index (κ1) is 12.3. The van der Waals surface area contributed by atoms with Gasteiger partial charge in [-0.3, -0.25) is 4.79 Å². The zero-order valence-electron chi connectivity index (χ0n) is 10.4. The first-order valence-electron chi connectivity index (χ1n) is 6.00. The normalized spacial score (nSPS) is 24.5. The second-order valence-electron chi connectivity index (χ2n) is 5.14. The van der Waals surface area contributed by atoms with Crippen LogP contribution < -0.4 is 0 Å². The van der Waals surface area contributed by atoms with E-state index in [0.717, 1.165) is 31.4 Å². The Bertz CT molecular complexity index is 397. The maximum absolute atomic E-state index is 10.7. The molecule has 3 heteroatoms. The summed E-state index contributed by atoms with van der Waals surface area (Å²) in [6.07, 6.45) is 1.83. The number of carbonyl (C=O) groups is 1. The molecule has 0 radical (unpaired) electrons. The van der Waals surface area contributed by atoms with Crippen molar-refractivity contribution in [3.05, 3.63) is 35.4 Å². The van der Waals surface area contributed by atoms with Crippen molar-refractivity contribution >= 4 is 6.29 Å². The smallest absolute Gasteiger partial charge is 0.150 e. The highest BCUT2D eigenvalue weighted by Crippen LogP contribution is 2.35. The van der Waals surface area contributed by atoms with Gasteiger partial charge in [-0.2, -0.15) is 0 Å². The van der Waals surface area contributed by atoms with Crippen LogP contribution in [0.3, 0.4) is 0 Å². The van der Waals surface area contributed by atoms with Gasteiger partial charge in [0.25, 0.3) is 0 Å². The van der Waals surface area contributed by atoms with E-state index < -0.39 is 5.60 Å². The molecule has 0 bridgehead atoms. The van der Waals surface area contributed by atoms with Crippen LogP contribution in [-0.2, 0) is 5.60 Å². The van der Waals surface area contributed by atoms with E-state index in [-0.39, 0.29) is 5.92 Å². The lowest BCUT2D eigenvalue weighted by molar-refractivity contribution is -0.00121. The van der Waals surface area contributed by atoms with Gasteiger partial charge in [-0.15, -0.1) is 0 Å². The van der Waals surface area contributed by atoms with Gasteiger partial charge in [-0.1, -0.05) is 24.3 Å². The molecule has 1 aliphatic rings. The largest absolute Gasteiger partial charge is 0.385 e. The third-order valence-corrected chi connectivity index (χ3v) is 3.82. The van der Waals surface area contributed by atoms with Gasteiger partial charge in [0.1, 0.15) is 6.29 Å². The average molecular weight is 233 g/mol. The van der Waals surface area contributed by atoms with Gasteiger partial charge < -0.3 is 10.0 Å². The summed E-state index contributed by atoms with van der Waals surface area (Å²) in [6, 6.07) is 7.22. The van der Waals surface area contributed by atoms with Crippen LogP contribution in [0, 0.1) is 5.92 Å². The van der Waals surface area contributed by atoms with Crippen LogP contribution in [0.1, 0.15) is 29.3 Å². The van der Waals surface area contributed by atoms with Gasteiger partial charge >= 0.3 is 0 Å². The molecule has 3 nitrogen and oxygen atoms in total. The summed E-state index contributed by atoms with van der Waals surface area (Å²) < 4.78 is 0. The SMILES string of the molecule is CN1CCC(C(C)(O)c2ccc(C=O)cc2)C1. The van der Waals surface area contributed by atoms with Gasteiger partial charge in [-0.25, -0.2) is 0 Å². The van der Waals surface area contributed by atoms with E-state index in [1.807, 2.05) is 19.1 Å². The van der Waals surface area contributed by atoms with E-state index >= 15 is 0 Å². The molecule has 1 aromatic carbocycles. The maximum atomic E-state index is 10.7. The van der Waals surface area contributed by atoms with Crippen molar-refractivity contribution in [2.24, 2.45) is 5.92 Å². The van der Waals surface area contributed by atoms with Gasteiger partial charge in [0.15, 0.2) is 0 Å². The Hall–Kier alpha value is -1.19. The van der Waals surface area contributed by atoms with Crippen molar-refractivity contribution in [3.8, 4) is 0 Å². The fraction of sp³-hybridized carbons (Fsp3) is 0.500. The summed E-state index contributed by atoms with van der Waals surface area (Å²) >= 11 is 0. The molecule has 0 amide bonds. The molecule has 17 heavy (non-hydrogen) atoms. The zero-order chi connectivity index (χ0) is 12.5. The van der Waals surface area contributed by atoms with E-state index in [1.54, 1.807) is 12.1 Å². The number of likely N-dealkylation sites (tertiary alicyclic amines) is 1. The molecule has 1 saturated heterocycles. The molecule has 2 atom stereocenters. The average Bonchev–Trinajstić information content (AvgIpc) is 2.77. The summed E-state index contributed by atoms with van der Waals surface area (Å²) in [6.45, 7) is 3.82. The summed E-state index contributed by atoms with van der Waals surface area (Å²) in [4.78, 5) is 12.8. The molecule has 1 fully saturated rings. The molecular weight excluding hydrogens is 214 g/mol. The Kier molecular flexibility index (Phi) is 3.31. The number of carbonyl (C=O) groups excluding carboxylic acids is 1. The Morgan fingerprint density at radius 2 is 2.06 bits per heavy atom. The van der Waals surface area contributed by atoms with Crippen molar-refractivity contribution < 1.29 is 9.90 Å². The number of hydrogen-bond acceptors (Lipinski definition) is 3. The molecule has 2 rings (SSSR count). The molecule has 0 aromatic heterocycles. The fourth-order valence-corrected chi connectivity index (χ4v) is 2.53. The van der Waals surface area contributed by atoms with Crippen molar-refractivity contribution in [1.82, 2.24) is 4.90 Å². The molecule has 1 heterocycles. The van der Waals surface area contributed by atoms with Gasteiger partial charge in [0.2, 0.25) is 0 Å². The molecule has 92 valence electrons. The van der Waals surface area contributed by atoms with Gasteiger partial charge in [0.05, 0.1) is 5.60 Å². The van der Waals surface area contributed by atoms with Crippen LogP contribution in [0.15, 0.2) is 24.3 Å². The monoisotopic (exact) mass is 233 g/mol. The van der Waals surface area contributed by atoms with E-state index in [4.69, 9.17) is 0 Å². The minimum Gasteiger partial charge on any atom is -0.385 e. The highest BCUT2D eigenvalue weighted by Gasteiger charge is 2.37. The van der Waals surface area contributed by atoms with Crippen LogP contribution in [0.5, 0.6) is 0 Å². The molecule has 1 N–H and O–H groups in total. The quantitative estimate of drug-likeness (QED) is 0.807. The Labute approximate surface area is 102 Å². The Morgan fingerprint density at radius 3 is 2.53 bits per heavy atom. The fourth-order valence-electron chi connectivity index (χ4n) is 2.53. The molecule has 1 aromatic rings. The van der Waals surface area contributed by atoms with Crippen LogP contribution in [0.4, 0.5) is 0 Å². The Morgan fingerprint density at radius 1 is 1.41 bits per heavy atom. The Balaban J connectivity index is 2.21. The maximum Gasteiger partial charge on any atom is 0.150 e. The zero-order valence-corrected chi connectivity index (χ0v) is 10.4. The lowest BCUT2D eigenvalue weighted by Crippen LogP contribution is -2.33. The number of aldehydes is 1. The van der Waals surface area contributed by atoms with E-state index in [2.05, 4.69) is 11.9 Å². The minimum absolute atomic E-state index is 0.259. The molecule has 0 spiro atoms. The lowest BCUT2D eigenvalue weighted by atomic mass is 9.82. The predicted octanol–water partition coefficient (Wildman–Crippen LogP) is 1.66. The third kappa shape index (κ3) is 2.40. The van der Waals surface area contributed by atoms with Gasteiger partial charge in [-0.05, 0) is 32.5 Å². The molecule has 2 unspecified atom stereocenters. The highest BCUT2D eigenvalue weighted by molar-refractivity contribution is 5.74. The van der Waals surface area contributed by atoms with Crippen LogP contribution >= 0.6 is 0 Å². The van der Waals surface area contributed by atoms with Crippen LogP contribution in [0.25, 0.3) is 0 Å². The third-order valence-electron chi connectivity index (χ3n) is 3.82. The number of benzene rings is 1. The standard InChI is InChI=1S/C14H19NO2/c1-14(17,13-7-8-15(2)9-13)12-5-3-11(10-16)4-6-12/h3-6,10,13,17H,7-9H2,1-2H3. The number of nitrogens with zero attached hydrogens (tertiary/aromatic N) is 1.